The minimum atomic E-state index is -0.357. The molecule has 0 fully saturated rings. The Balaban J connectivity index is 1.73. The van der Waals surface area contributed by atoms with E-state index in [4.69, 9.17) is 12.2 Å². The van der Waals surface area contributed by atoms with E-state index in [-0.39, 0.29) is 18.1 Å². The largest absolute Gasteiger partial charge is 0.326 e. The Bertz CT molecular complexity index is 949. The number of amides is 1. The van der Waals surface area contributed by atoms with Gasteiger partial charge >= 0.3 is 0 Å². The third kappa shape index (κ3) is 4.19. The van der Waals surface area contributed by atoms with Crippen molar-refractivity contribution in [2.75, 3.05) is 5.32 Å². The van der Waals surface area contributed by atoms with Crippen molar-refractivity contribution in [1.29, 1.82) is 0 Å². The van der Waals surface area contributed by atoms with Crippen molar-refractivity contribution in [3.63, 3.8) is 0 Å². The molecule has 2 N–H and O–H groups in total. The van der Waals surface area contributed by atoms with E-state index >= 15 is 0 Å². The van der Waals surface area contributed by atoms with Crippen molar-refractivity contribution in [1.82, 2.24) is 14.8 Å². The van der Waals surface area contributed by atoms with Crippen molar-refractivity contribution >= 4 is 23.8 Å². The number of rotatable bonds is 5. The summed E-state index contributed by atoms with van der Waals surface area (Å²) in [7, 11) is 0. The van der Waals surface area contributed by atoms with Gasteiger partial charge in [0.05, 0.1) is 13.0 Å². The molecular formula is C18H17FN4OS. The van der Waals surface area contributed by atoms with Crippen molar-refractivity contribution < 1.29 is 9.18 Å². The summed E-state index contributed by atoms with van der Waals surface area (Å²) in [6.45, 7) is 2.19. The molecule has 0 aliphatic heterocycles. The zero-order valence-corrected chi connectivity index (χ0v) is 14.4. The molecule has 1 amide bonds. The fourth-order valence-electron chi connectivity index (χ4n) is 2.43. The van der Waals surface area contributed by atoms with Gasteiger partial charge in [-0.15, -0.1) is 0 Å². The van der Waals surface area contributed by atoms with Crippen LogP contribution in [0.3, 0.4) is 0 Å². The van der Waals surface area contributed by atoms with Crippen LogP contribution < -0.4 is 5.32 Å². The lowest BCUT2D eigenvalue weighted by Gasteiger charge is -2.08. The summed E-state index contributed by atoms with van der Waals surface area (Å²) in [5.41, 5.74) is 2.00. The number of aryl methyl sites for hydroxylation is 1. The molecule has 0 radical (unpaired) electrons. The standard InChI is InChI=1S/C18H17FN4OS/c1-12-7-8-14(9-15(12)19)20-17(24)10-16-21-22-18(25)23(16)11-13-5-3-2-4-6-13/h2-9H,10-11H2,1H3,(H,20,24)(H,22,25). The van der Waals surface area contributed by atoms with E-state index in [2.05, 4.69) is 15.5 Å². The van der Waals surface area contributed by atoms with Gasteiger partial charge in [0.25, 0.3) is 0 Å². The number of halogens is 1. The number of hydrogen-bond acceptors (Lipinski definition) is 3. The number of nitrogens with zero attached hydrogens (tertiary/aromatic N) is 2. The Morgan fingerprint density at radius 1 is 1.28 bits per heavy atom. The van der Waals surface area contributed by atoms with E-state index in [1.807, 2.05) is 30.3 Å². The summed E-state index contributed by atoms with van der Waals surface area (Å²) in [5.74, 6) is -0.116. The molecule has 1 aromatic heterocycles. The average Bonchev–Trinajstić information content (AvgIpc) is 2.92. The quantitative estimate of drug-likeness (QED) is 0.687. The van der Waals surface area contributed by atoms with Gasteiger partial charge in [-0.25, -0.2) is 4.39 Å². The van der Waals surface area contributed by atoms with Crippen LogP contribution in [-0.4, -0.2) is 20.7 Å². The van der Waals surface area contributed by atoms with E-state index in [0.717, 1.165) is 5.56 Å². The molecule has 0 aliphatic rings. The summed E-state index contributed by atoms with van der Waals surface area (Å²) in [4.78, 5) is 12.3. The maximum absolute atomic E-state index is 13.6. The molecule has 1 heterocycles. The van der Waals surface area contributed by atoms with Gasteiger partial charge in [0.1, 0.15) is 11.6 Å². The van der Waals surface area contributed by atoms with Gasteiger partial charge in [-0.3, -0.25) is 14.5 Å². The third-order valence-electron chi connectivity index (χ3n) is 3.80. The Hall–Kier alpha value is -2.80. The van der Waals surface area contributed by atoms with Gasteiger partial charge in [0.2, 0.25) is 5.91 Å². The number of H-pyrrole nitrogens is 1. The highest BCUT2D eigenvalue weighted by Gasteiger charge is 2.12. The zero-order chi connectivity index (χ0) is 17.8. The minimum absolute atomic E-state index is 0.0372. The number of anilines is 1. The fraction of sp³-hybridized carbons (Fsp3) is 0.167. The minimum Gasteiger partial charge on any atom is -0.326 e. The fourth-order valence-corrected chi connectivity index (χ4v) is 2.65. The summed E-state index contributed by atoms with van der Waals surface area (Å²) in [6, 6.07) is 14.4. The zero-order valence-electron chi connectivity index (χ0n) is 13.6. The SMILES string of the molecule is Cc1ccc(NC(=O)Cc2n[nH]c(=S)n2Cc2ccccc2)cc1F. The van der Waals surface area contributed by atoms with Gasteiger partial charge in [0.15, 0.2) is 4.77 Å². The van der Waals surface area contributed by atoms with Crippen molar-refractivity contribution in [2.45, 2.75) is 19.9 Å². The predicted octanol–water partition coefficient (Wildman–Crippen LogP) is 3.62. The van der Waals surface area contributed by atoms with Gasteiger partial charge in [-0.05, 0) is 42.4 Å². The molecule has 25 heavy (non-hydrogen) atoms. The predicted molar refractivity (Wildman–Crippen MR) is 96.4 cm³/mol. The van der Waals surface area contributed by atoms with Crippen LogP contribution in [0.1, 0.15) is 17.0 Å². The van der Waals surface area contributed by atoms with Crippen LogP contribution in [0.15, 0.2) is 48.5 Å². The molecule has 0 atom stereocenters. The van der Waals surface area contributed by atoms with Crippen LogP contribution in [0.2, 0.25) is 0 Å². The molecule has 0 aliphatic carbocycles. The van der Waals surface area contributed by atoms with Gasteiger partial charge in [-0.2, -0.15) is 5.10 Å². The second-order valence-corrected chi connectivity index (χ2v) is 6.09. The second-order valence-electron chi connectivity index (χ2n) is 5.71. The summed E-state index contributed by atoms with van der Waals surface area (Å²) in [5, 5.41) is 9.53. The summed E-state index contributed by atoms with van der Waals surface area (Å²) >= 11 is 5.25. The summed E-state index contributed by atoms with van der Waals surface area (Å²) in [6.07, 6.45) is 0.0372. The molecule has 0 saturated heterocycles. The van der Waals surface area contributed by atoms with Crippen LogP contribution in [-0.2, 0) is 17.8 Å². The van der Waals surface area contributed by atoms with Crippen molar-refractivity contribution in [3.05, 3.63) is 76.1 Å². The lowest BCUT2D eigenvalue weighted by Crippen LogP contribution is -2.18. The third-order valence-corrected chi connectivity index (χ3v) is 4.11. The van der Waals surface area contributed by atoms with E-state index < -0.39 is 0 Å². The molecule has 0 saturated carbocycles. The highest BCUT2D eigenvalue weighted by Crippen LogP contribution is 2.14. The number of hydrogen-bond donors (Lipinski definition) is 2. The Morgan fingerprint density at radius 3 is 2.76 bits per heavy atom. The maximum Gasteiger partial charge on any atom is 0.232 e. The summed E-state index contributed by atoms with van der Waals surface area (Å²) < 4.78 is 15.8. The highest BCUT2D eigenvalue weighted by atomic mass is 32.1. The molecule has 0 bridgehead atoms. The lowest BCUT2D eigenvalue weighted by molar-refractivity contribution is -0.115. The number of aromatic nitrogens is 3. The average molecular weight is 356 g/mol. The molecule has 3 aromatic rings. The topological polar surface area (TPSA) is 62.7 Å². The first-order valence-corrected chi connectivity index (χ1v) is 8.18. The van der Waals surface area contributed by atoms with Crippen molar-refractivity contribution in [2.24, 2.45) is 0 Å². The van der Waals surface area contributed by atoms with E-state index in [0.29, 0.717) is 28.4 Å². The lowest BCUT2D eigenvalue weighted by atomic mass is 10.2. The van der Waals surface area contributed by atoms with E-state index in [9.17, 15) is 9.18 Å². The molecule has 0 spiro atoms. The smallest absolute Gasteiger partial charge is 0.232 e. The number of benzene rings is 2. The number of aromatic amines is 1. The van der Waals surface area contributed by atoms with E-state index in [1.54, 1.807) is 23.6 Å². The van der Waals surface area contributed by atoms with Crippen molar-refractivity contribution in [3.8, 4) is 0 Å². The van der Waals surface area contributed by atoms with Gasteiger partial charge in [0, 0.05) is 5.69 Å². The Morgan fingerprint density at radius 2 is 2.04 bits per heavy atom. The molecule has 5 nitrogen and oxygen atoms in total. The molecular weight excluding hydrogens is 339 g/mol. The normalized spacial score (nSPS) is 10.6. The first-order valence-electron chi connectivity index (χ1n) is 7.77. The first kappa shape index (κ1) is 17.0. The van der Waals surface area contributed by atoms with Gasteiger partial charge < -0.3 is 5.32 Å². The second kappa shape index (κ2) is 7.40. The maximum atomic E-state index is 13.6. The van der Waals surface area contributed by atoms with Crippen LogP contribution in [0, 0.1) is 17.5 Å². The molecule has 128 valence electrons. The molecule has 2 aromatic carbocycles. The molecule has 0 unspecified atom stereocenters. The number of nitrogens with one attached hydrogen (secondary N) is 2. The van der Waals surface area contributed by atoms with Crippen LogP contribution in [0.25, 0.3) is 0 Å². The first-order chi connectivity index (χ1) is 12.0. The molecule has 7 heteroatoms. The Labute approximate surface area is 149 Å². The van der Waals surface area contributed by atoms with E-state index in [1.165, 1.54) is 6.07 Å². The number of carbonyl (C=O) groups is 1. The molecule has 3 rings (SSSR count). The Kier molecular flexibility index (Phi) is 5.04. The number of carbonyl (C=O) groups excluding carboxylic acids is 1. The highest BCUT2D eigenvalue weighted by molar-refractivity contribution is 7.71. The van der Waals surface area contributed by atoms with Crippen LogP contribution in [0.5, 0.6) is 0 Å². The van der Waals surface area contributed by atoms with Crippen LogP contribution in [0.4, 0.5) is 10.1 Å². The van der Waals surface area contributed by atoms with Gasteiger partial charge in [-0.1, -0.05) is 36.4 Å². The van der Waals surface area contributed by atoms with Crippen LogP contribution >= 0.6 is 12.2 Å². The monoisotopic (exact) mass is 356 g/mol.